The summed E-state index contributed by atoms with van der Waals surface area (Å²) in [7, 11) is 0. The fourth-order valence-corrected chi connectivity index (χ4v) is 3.68. The minimum atomic E-state index is 0.486. The molecule has 1 nitrogen and oxygen atoms in total. The third-order valence-corrected chi connectivity index (χ3v) is 5.50. The fourth-order valence-electron chi connectivity index (χ4n) is 2.62. The maximum atomic E-state index is 3.71. The molecular formula is C18H19Br2N. The molecule has 1 fully saturated rings. The van der Waals surface area contributed by atoms with E-state index in [0.717, 1.165) is 19.0 Å². The molecule has 0 heterocycles. The monoisotopic (exact) mass is 407 g/mol. The second-order valence-electron chi connectivity index (χ2n) is 5.70. The van der Waals surface area contributed by atoms with Gasteiger partial charge in [0.15, 0.2) is 0 Å². The van der Waals surface area contributed by atoms with Crippen molar-refractivity contribution in [3.05, 3.63) is 68.6 Å². The maximum absolute atomic E-state index is 3.71. The van der Waals surface area contributed by atoms with Gasteiger partial charge in [0.1, 0.15) is 0 Å². The van der Waals surface area contributed by atoms with Crippen molar-refractivity contribution >= 4 is 31.9 Å². The van der Waals surface area contributed by atoms with Crippen LogP contribution in [-0.2, 0) is 6.42 Å². The van der Waals surface area contributed by atoms with Crippen LogP contribution in [0.2, 0.25) is 0 Å². The lowest BCUT2D eigenvalue weighted by Gasteiger charge is -2.20. The smallest absolute Gasteiger partial charge is 0.0210 e. The standard InChI is InChI=1S/C18H19Br2N/c19-17-7-3-1-5-13(17)11-14(12-21-15-9-10-15)16-6-2-4-8-18(16)20/h1-8,14-15,21H,9-12H2. The zero-order valence-corrected chi connectivity index (χ0v) is 15.0. The van der Waals surface area contributed by atoms with Crippen LogP contribution in [0.3, 0.4) is 0 Å². The third-order valence-electron chi connectivity index (χ3n) is 4.00. The van der Waals surface area contributed by atoms with Gasteiger partial charge in [-0.3, -0.25) is 0 Å². The van der Waals surface area contributed by atoms with E-state index >= 15 is 0 Å². The summed E-state index contributed by atoms with van der Waals surface area (Å²) in [6, 6.07) is 17.9. The molecule has 0 bridgehead atoms. The van der Waals surface area contributed by atoms with Gasteiger partial charge in [-0.05, 0) is 42.5 Å². The van der Waals surface area contributed by atoms with Crippen LogP contribution in [0.4, 0.5) is 0 Å². The first-order valence-corrected chi connectivity index (χ1v) is 9.04. The van der Waals surface area contributed by atoms with Gasteiger partial charge in [-0.25, -0.2) is 0 Å². The quantitative estimate of drug-likeness (QED) is 0.684. The van der Waals surface area contributed by atoms with E-state index in [9.17, 15) is 0 Å². The Hall–Kier alpha value is -0.640. The van der Waals surface area contributed by atoms with E-state index in [-0.39, 0.29) is 0 Å². The van der Waals surface area contributed by atoms with Crippen molar-refractivity contribution in [2.75, 3.05) is 6.54 Å². The van der Waals surface area contributed by atoms with Crippen LogP contribution in [0.15, 0.2) is 57.5 Å². The van der Waals surface area contributed by atoms with Crippen molar-refractivity contribution in [3.63, 3.8) is 0 Å². The lowest BCUT2D eigenvalue weighted by Crippen LogP contribution is -2.25. The van der Waals surface area contributed by atoms with Gasteiger partial charge in [0, 0.05) is 27.4 Å². The predicted molar refractivity (Wildman–Crippen MR) is 95.8 cm³/mol. The Balaban J connectivity index is 1.81. The van der Waals surface area contributed by atoms with Crippen LogP contribution >= 0.6 is 31.9 Å². The Morgan fingerprint density at radius 2 is 1.62 bits per heavy atom. The molecule has 0 spiro atoms. The summed E-state index contributed by atoms with van der Waals surface area (Å²) in [5.74, 6) is 0.486. The van der Waals surface area contributed by atoms with E-state index < -0.39 is 0 Å². The molecule has 2 aromatic carbocycles. The molecule has 1 aliphatic carbocycles. The second kappa shape index (κ2) is 7.08. The Kier molecular flexibility index (Phi) is 5.15. The SMILES string of the molecule is Brc1ccccc1CC(CNC1CC1)c1ccccc1Br. The molecule has 0 aliphatic heterocycles. The van der Waals surface area contributed by atoms with Crippen molar-refractivity contribution in [1.29, 1.82) is 0 Å². The zero-order chi connectivity index (χ0) is 14.7. The van der Waals surface area contributed by atoms with Gasteiger partial charge in [0.05, 0.1) is 0 Å². The van der Waals surface area contributed by atoms with Gasteiger partial charge in [0.2, 0.25) is 0 Å². The summed E-state index contributed by atoms with van der Waals surface area (Å²) >= 11 is 7.39. The van der Waals surface area contributed by atoms with Crippen LogP contribution in [-0.4, -0.2) is 12.6 Å². The first kappa shape index (κ1) is 15.3. The van der Waals surface area contributed by atoms with Crippen molar-refractivity contribution in [3.8, 4) is 0 Å². The lowest BCUT2D eigenvalue weighted by atomic mass is 9.92. The van der Waals surface area contributed by atoms with E-state index in [1.807, 2.05) is 0 Å². The van der Waals surface area contributed by atoms with E-state index in [2.05, 4.69) is 85.7 Å². The molecule has 1 aliphatic rings. The van der Waals surface area contributed by atoms with Crippen molar-refractivity contribution < 1.29 is 0 Å². The molecule has 0 amide bonds. The highest BCUT2D eigenvalue weighted by Crippen LogP contribution is 2.30. The molecular weight excluding hydrogens is 390 g/mol. The summed E-state index contributed by atoms with van der Waals surface area (Å²) in [6.45, 7) is 1.04. The molecule has 1 atom stereocenters. The first-order valence-electron chi connectivity index (χ1n) is 7.45. The first-order chi connectivity index (χ1) is 10.2. The van der Waals surface area contributed by atoms with Gasteiger partial charge in [0.25, 0.3) is 0 Å². The van der Waals surface area contributed by atoms with Gasteiger partial charge in [-0.2, -0.15) is 0 Å². The van der Waals surface area contributed by atoms with Crippen LogP contribution in [0.25, 0.3) is 0 Å². The van der Waals surface area contributed by atoms with E-state index in [1.165, 1.54) is 32.9 Å². The molecule has 110 valence electrons. The average Bonchev–Trinajstić information content (AvgIpc) is 3.30. The van der Waals surface area contributed by atoms with Gasteiger partial charge in [-0.15, -0.1) is 0 Å². The van der Waals surface area contributed by atoms with Crippen molar-refractivity contribution in [2.24, 2.45) is 0 Å². The van der Waals surface area contributed by atoms with E-state index in [0.29, 0.717) is 5.92 Å². The van der Waals surface area contributed by atoms with Crippen LogP contribution in [0.5, 0.6) is 0 Å². The molecule has 1 N–H and O–H groups in total. The summed E-state index contributed by atoms with van der Waals surface area (Å²) in [6.07, 6.45) is 3.71. The highest BCUT2D eigenvalue weighted by molar-refractivity contribution is 9.10. The molecule has 21 heavy (non-hydrogen) atoms. The summed E-state index contributed by atoms with van der Waals surface area (Å²) in [4.78, 5) is 0. The fraction of sp³-hybridized carbons (Fsp3) is 0.333. The van der Waals surface area contributed by atoms with Gasteiger partial charge >= 0.3 is 0 Å². The predicted octanol–water partition coefficient (Wildman–Crippen LogP) is 5.29. The number of benzene rings is 2. The topological polar surface area (TPSA) is 12.0 Å². The third kappa shape index (κ3) is 4.18. The van der Waals surface area contributed by atoms with Gasteiger partial charge in [-0.1, -0.05) is 68.3 Å². The van der Waals surface area contributed by atoms with E-state index in [1.54, 1.807) is 0 Å². The van der Waals surface area contributed by atoms with Gasteiger partial charge < -0.3 is 5.32 Å². The number of rotatable bonds is 6. The molecule has 1 unspecified atom stereocenters. The number of nitrogens with one attached hydrogen (secondary N) is 1. The average molecular weight is 409 g/mol. The van der Waals surface area contributed by atoms with Crippen LogP contribution in [0.1, 0.15) is 29.9 Å². The Morgan fingerprint density at radius 3 is 2.29 bits per heavy atom. The van der Waals surface area contributed by atoms with E-state index in [4.69, 9.17) is 0 Å². The molecule has 0 radical (unpaired) electrons. The molecule has 1 saturated carbocycles. The molecule has 3 rings (SSSR count). The highest BCUT2D eigenvalue weighted by Gasteiger charge is 2.23. The largest absolute Gasteiger partial charge is 0.313 e. The summed E-state index contributed by atoms with van der Waals surface area (Å²) in [5.41, 5.74) is 2.76. The minimum absolute atomic E-state index is 0.486. The Morgan fingerprint density at radius 1 is 0.952 bits per heavy atom. The lowest BCUT2D eigenvalue weighted by molar-refractivity contribution is 0.575. The molecule has 2 aromatic rings. The second-order valence-corrected chi connectivity index (χ2v) is 7.41. The Labute approximate surface area is 143 Å². The Bertz CT molecular complexity index is 608. The normalized spacial score (nSPS) is 15.9. The molecule has 0 aromatic heterocycles. The number of hydrogen-bond acceptors (Lipinski definition) is 1. The summed E-state index contributed by atoms with van der Waals surface area (Å²) < 4.78 is 2.41. The number of halogens is 2. The maximum Gasteiger partial charge on any atom is 0.0210 e. The summed E-state index contributed by atoms with van der Waals surface area (Å²) in [5, 5.41) is 3.69. The molecule has 0 saturated heterocycles. The number of hydrogen-bond donors (Lipinski definition) is 1. The zero-order valence-electron chi connectivity index (χ0n) is 11.9. The van der Waals surface area contributed by atoms with Crippen LogP contribution in [0, 0.1) is 0 Å². The minimum Gasteiger partial charge on any atom is -0.313 e. The highest BCUT2D eigenvalue weighted by atomic mass is 79.9. The van der Waals surface area contributed by atoms with Crippen molar-refractivity contribution in [2.45, 2.75) is 31.2 Å². The van der Waals surface area contributed by atoms with Crippen LogP contribution < -0.4 is 5.32 Å². The van der Waals surface area contributed by atoms with Crippen molar-refractivity contribution in [1.82, 2.24) is 5.32 Å². The molecule has 3 heteroatoms.